The predicted octanol–water partition coefficient (Wildman–Crippen LogP) is 8.25. The fourth-order valence-corrected chi connectivity index (χ4v) is 10.3. The number of benzene rings is 4. The summed E-state index contributed by atoms with van der Waals surface area (Å²) >= 11 is 0. The number of halogens is 2. The Balaban J connectivity index is 2.14. The zero-order chi connectivity index (χ0) is 26.6. The lowest BCUT2D eigenvalue weighted by Gasteiger charge is -2.42. The van der Waals surface area contributed by atoms with Gasteiger partial charge in [-0.1, -0.05) is 69.3 Å². The Hall–Kier alpha value is -3.00. The summed E-state index contributed by atoms with van der Waals surface area (Å²) in [6.45, 7) is 6.15. The van der Waals surface area contributed by atoms with Crippen molar-refractivity contribution in [3.63, 3.8) is 0 Å². The van der Waals surface area contributed by atoms with Crippen molar-refractivity contribution in [1.82, 2.24) is 0 Å². The second-order valence-corrected chi connectivity index (χ2v) is 12.9. The molecular formula is C30H30F2O3S2. The molecule has 7 heteroatoms. The first kappa shape index (κ1) is 27.0. The largest absolute Gasteiger partial charge is 0.310 e. The minimum absolute atomic E-state index is 0.559. The van der Waals surface area contributed by atoms with Gasteiger partial charge in [0.1, 0.15) is 16.5 Å². The zero-order valence-corrected chi connectivity index (χ0v) is 22.7. The van der Waals surface area contributed by atoms with Crippen molar-refractivity contribution in [2.45, 2.75) is 59.6 Å². The summed E-state index contributed by atoms with van der Waals surface area (Å²) in [4.78, 5) is 1.44. The Bertz CT molecular complexity index is 1420. The Morgan fingerprint density at radius 3 is 1.62 bits per heavy atom. The van der Waals surface area contributed by atoms with E-state index in [0.717, 1.165) is 40.1 Å². The molecule has 0 heterocycles. The molecule has 0 saturated carbocycles. The van der Waals surface area contributed by atoms with Gasteiger partial charge in [0, 0.05) is 20.8 Å². The third-order valence-corrected chi connectivity index (χ3v) is 11.6. The first-order chi connectivity index (χ1) is 17.8. The highest BCUT2D eigenvalue weighted by Gasteiger charge is 2.41. The maximum atomic E-state index is 14.8. The van der Waals surface area contributed by atoms with Gasteiger partial charge >= 0.3 is 10.1 Å². The molecule has 0 aliphatic carbocycles. The first-order valence-electron chi connectivity index (χ1n) is 12.3. The van der Waals surface area contributed by atoms with Gasteiger partial charge < -0.3 is 0 Å². The van der Waals surface area contributed by atoms with Crippen LogP contribution in [-0.2, 0) is 33.0 Å². The van der Waals surface area contributed by atoms with Crippen LogP contribution in [0.3, 0.4) is 0 Å². The van der Waals surface area contributed by atoms with Gasteiger partial charge in [-0.25, -0.2) is 12.4 Å². The monoisotopic (exact) mass is 540 g/mol. The molecule has 0 aliphatic heterocycles. The van der Waals surface area contributed by atoms with Crippen molar-refractivity contribution >= 4 is 20.4 Å². The summed E-state index contributed by atoms with van der Waals surface area (Å²) in [7, 11) is -7.60. The van der Waals surface area contributed by atoms with Crippen LogP contribution < -0.4 is 0 Å². The molecule has 37 heavy (non-hydrogen) atoms. The van der Waals surface area contributed by atoms with Gasteiger partial charge in [-0.05, 0) is 82.7 Å². The Kier molecular flexibility index (Phi) is 8.17. The molecule has 0 aromatic heterocycles. The second kappa shape index (κ2) is 11.2. The van der Waals surface area contributed by atoms with E-state index in [4.69, 9.17) is 3.63 Å². The van der Waals surface area contributed by atoms with E-state index in [0.29, 0.717) is 28.7 Å². The highest BCUT2D eigenvalue weighted by molar-refractivity contribution is 8.33. The molecule has 0 radical (unpaired) electrons. The van der Waals surface area contributed by atoms with E-state index in [2.05, 4.69) is 19.1 Å². The third kappa shape index (κ3) is 5.21. The number of aryl methyl sites for hydroxylation is 3. The van der Waals surface area contributed by atoms with Crippen LogP contribution in [0.1, 0.15) is 37.5 Å². The van der Waals surface area contributed by atoms with Crippen LogP contribution in [0.5, 0.6) is 0 Å². The average Bonchev–Trinajstić information content (AvgIpc) is 2.91. The molecular weight excluding hydrogens is 510 g/mol. The maximum absolute atomic E-state index is 14.8. The standard InChI is InChI=1S/C30H30F2O3S2/c1-4-22-19-23(5-2)30(24(6-3)20-22)36(26-13-9-7-10-14-26,27-15-11-8-12-16-27)35-37(33,34)29-18-17-25(31)21-28(29)32/h7-21H,4-6H2,1-3H3. The summed E-state index contributed by atoms with van der Waals surface area (Å²) in [6, 6.07) is 25.1. The van der Waals surface area contributed by atoms with Crippen LogP contribution in [0.15, 0.2) is 111 Å². The maximum Gasteiger partial charge on any atom is 0.310 e. The van der Waals surface area contributed by atoms with Crippen molar-refractivity contribution in [3.05, 3.63) is 119 Å². The van der Waals surface area contributed by atoms with Crippen molar-refractivity contribution < 1.29 is 20.8 Å². The van der Waals surface area contributed by atoms with Gasteiger partial charge in [-0.3, -0.25) is 0 Å². The van der Waals surface area contributed by atoms with E-state index >= 15 is 0 Å². The summed E-state index contributed by atoms with van der Waals surface area (Å²) in [5.41, 5.74) is 3.11. The molecule has 0 amide bonds. The van der Waals surface area contributed by atoms with Crippen LogP contribution in [0, 0.1) is 11.6 Å². The Morgan fingerprint density at radius 2 is 1.19 bits per heavy atom. The summed E-state index contributed by atoms with van der Waals surface area (Å²) in [6.07, 6.45) is 2.14. The van der Waals surface area contributed by atoms with Crippen LogP contribution in [0.25, 0.3) is 0 Å². The summed E-state index contributed by atoms with van der Waals surface area (Å²) < 4.78 is 62.6. The van der Waals surface area contributed by atoms with E-state index in [-0.39, 0.29) is 0 Å². The van der Waals surface area contributed by atoms with Gasteiger partial charge in [0.05, 0.1) is 0 Å². The lowest BCUT2D eigenvalue weighted by atomic mass is 10.0. The summed E-state index contributed by atoms with van der Waals surface area (Å²) in [5.74, 6) is -2.06. The summed E-state index contributed by atoms with van der Waals surface area (Å²) in [5, 5.41) is 0. The molecule has 4 aromatic rings. The number of rotatable bonds is 9. The molecule has 4 rings (SSSR count). The van der Waals surface area contributed by atoms with Crippen molar-refractivity contribution in [2.24, 2.45) is 0 Å². The van der Waals surface area contributed by atoms with E-state index in [9.17, 15) is 17.2 Å². The smallest absolute Gasteiger partial charge is 0.207 e. The van der Waals surface area contributed by atoms with Gasteiger partial charge in [-0.15, -0.1) is 0 Å². The fraction of sp³-hybridized carbons (Fsp3) is 0.200. The SMILES string of the molecule is CCc1cc(CC)c(S(OS(=O)(=O)c2ccc(F)cc2F)(c2ccccc2)c2ccccc2)c(CC)c1. The van der Waals surface area contributed by atoms with E-state index in [1.807, 2.05) is 74.5 Å². The van der Waals surface area contributed by atoms with Crippen molar-refractivity contribution in [1.29, 1.82) is 0 Å². The van der Waals surface area contributed by atoms with E-state index in [1.54, 1.807) is 0 Å². The van der Waals surface area contributed by atoms with Crippen LogP contribution >= 0.6 is 10.3 Å². The third-order valence-electron chi connectivity index (χ3n) is 6.27. The van der Waals surface area contributed by atoms with E-state index in [1.165, 1.54) is 0 Å². The van der Waals surface area contributed by atoms with Crippen molar-refractivity contribution in [2.75, 3.05) is 0 Å². The zero-order valence-electron chi connectivity index (χ0n) is 21.1. The molecule has 0 aliphatic rings. The highest BCUT2D eigenvalue weighted by Crippen LogP contribution is 2.72. The average molecular weight is 541 g/mol. The van der Waals surface area contributed by atoms with E-state index < -0.39 is 37.0 Å². The van der Waals surface area contributed by atoms with Crippen molar-refractivity contribution in [3.8, 4) is 0 Å². The normalized spacial score (nSPS) is 12.5. The van der Waals surface area contributed by atoms with Gasteiger partial charge in [0.25, 0.3) is 0 Å². The Morgan fingerprint density at radius 1 is 0.676 bits per heavy atom. The molecule has 0 unspecified atom stereocenters. The van der Waals surface area contributed by atoms with Gasteiger partial charge in [0.15, 0.2) is 0 Å². The van der Waals surface area contributed by atoms with Crippen LogP contribution in [0.4, 0.5) is 8.78 Å². The molecule has 0 spiro atoms. The minimum atomic E-state index is -4.68. The fourth-order valence-electron chi connectivity index (χ4n) is 4.48. The molecule has 0 saturated heterocycles. The second-order valence-electron chi connectivity index (χ2n) is 8.58. The highest BCUT2D eigenvalue weighted by atomic mass is 32.3. The predicted molar refractivity (Wildman–Crippen MR) is 144 cm³/mol. The molecule has 0 fully saturated rings. The molecule has 194 valence electrons. The van der Waals surface area contributed by atoms with Crippen LogP contribution in [0.2, 0.25) is 0 Å². The number of hydrogen-bond acceptors (Lipinski definition) is 3. The molecule has 4 aromatic carbocycles. The minimum Gasteiger partial charge on any atom is -0.207 e. The lowest BCUT2D eigenvalue weighted by molar-refractivity contribution is 0.493. The molecule has 0 bridgehead atoms. The molecule has 3 nitrogen and oxygen atoms in total. The Labute approximate surface area is 219 Å². The quantitative estimate of drug-likeness (QED) is 0.215. The lowest BCUT2D eigenvalue weighted by Crippen LogP contribution is -2.18. The first-order valence-corrected chi connectivity index (χ1v) is 15.2. The molecule has 0 N–H and O–H groups in total. The van der Waals surface area contributed by atoms with Crippen LogP contribution in [-0.4, -0.2) is 8.42 Å². The number of hydrogen-bond donors (Lipinski definition) is 0. The van der Waals surface area contributed by atoms with Gasteiger partial charge in [0.2, 0.25) is 0 Å². The van der Waals surface area contributed by atoms with Gasteiger partial charge in [-0.2, -0.15) is 8.42 Å². The molecule has 0 atom stereocenters. The topological polar surface area (TPSA) is 43.4 Å².